The maximum absolute atomic E-state index is 12.7. The summed E-state index contributed by atoms with van der Waals surface area (Å²) in [6.45, 7) is 2.33. The number of hydrogen-bond donors (Lipinski definition) is 1. The number of rotatable bonds is 4. The van der Waals surface area contributed by atoms with Gasteiger partial charge in [0.15, 0.2) is 16.6 Å². The van der Waals surface area contributed by atoms with Crippen LogP contribution < -0.4 is 19.7 Å². The molecule has 0 spiro atoms. The Labute approximate surface area is 174 Å². The van der Waals surface area contributed by atoms with Crippen LogP contribution in [-0.4, -0.2) is 48.9 Å². The summed E-state index contributed by atoms with van der Waals surface area (Å²) in [7, 11) is 0. The van der Waals surface area contributed by atoms with Crippen LogP contribution in [0.5, 0.6) is 11.5 Å². The fourth-order valence-corrected chi connectivity index (χ4v) is 4.29. The Morgan fingerprint density at radius 1 is 1.17 bits per heavy atom. The highest BCUT2D eigenvalue weighted by Gasteiger charge is 2.24. The Kier molecular flexibility index (Phi) is 4.60. The Morgan fingerprint density at radius 3 is 2.70 bits per heavy atom. The Balaban J connectivity index is 1.40. The van der Waals surface area contributed by atoms with Crippen molar-refractivity contribution in [3.8, 4) is 11.5 Å². The second-order valence-electron chi connectivity index (χ2n) is 6.71. The minimum absolute atomic E-state index is 0.112. The van der Waals surface area contributed by atoms with Gasteiger partial charge in [0.1, 0.15) is 5.69 Å². The zero-order valence-electron chi connectivity index (χ0n) is 15.6. The molecule has 0 bridgehead atoms. The monoisotopic (exact) mass is 428 g/mol. The fraction of sp³-hybridized carbons (Fsp3) is 0.263. The molecule has 2 aliphatic heterocycles. The molecule has 1 saturated heterocycles. The molecule has 1 amide bonds. The van der Waals surface area contributed by atoms with E-state index in [-0.39, 0.29) is 18.0 Å². The van der Waals surface area contributed by atoms with E-state index in [1.807, 2.05) is 11.0 Å². The smallest absolute Gasteiger partial charge is 0.293 e. The number of nitro benzene ring substituents is 1. The highest BCUT2D eigenvalue weighted by Crippen LogP contribution is 2.39. The third-order valence-electron chi connectivity index (χ3n) is 4.89. The summed E-state index contributed by atoms with van der Waals surface area (Å²) < 4.78 is 16.8. The Hall–Kier alpha value is -3.44. The molecule has 3 heterocycles. The third kappa shape index (κ3) is 3.37. The van der Waals surface area contributed by atoms with Crippen molar-refractivity contribution in [1.29, 1.82) is 0 Å². The Bertz CT molecular complexity index is 1120. The zero-order chi connectivity index (χ0) is 20.7. The quantitative estimate of drug-likeness (QED) is 0.498. The van der Waals surface area contributed by atoms with Crippen LogP contribution in [0.25, 0.3) is 10.2 Å². The first-order valence-corrected chi connectivity index (χ1v) is 10.0. The molecule has 3 aromatic rings. The van der Waals surface area contributed by atoms with Gasteiger partial charge in [0, 0.05) is 36.9 Å². The lowest BCUT2D eigenvalue weighted by molar-refractivity contribution is -0.384. The first-order valence-electron chi connectivity index (χ1n) is 9.21. The molecular weight excluding hydrogens is 412 g/mol. The van der Waals surface area contributed by atoms with Gasteiger partial charge in [-0.1, -0.05) is 11.3 Å². The molecule has 2 aromatic carbocycles. The van der Waals surface area contributed by atoms with Crippen LogP contribution in [0.3, 0.4) is 0 Å². The number of hydrogen-bond acceptors (Lipinski definition) is 9. The fourth-order valence-electron chi connectivity index (χ4n) is 3.42. The molecule has 0 aliphatic carbocycles. The molecule has 0 radical (unpaired) electrons. The van der Waals surface area contributed by atoms with Crippen LogP contribution in [0.15, 0.2) is 30.3 Å². The normalized spacial score (nSPS) is 15.4. The van der Waals surface area contributed by atoms with Crippen molar-refractivity contribution in [2.45, 2.75) is 0 Å². The molecule has 11 heteroatoms. The lowest BCUT2D eigenvalue weighted by Gasteiger charge is -2.28. The number of ether oxygens (including phenoxy) is 3. The second-order valence-corrected chi connectivity index (χ2v) is 7.74. The van der Waals surface area contributed by atoms with Crippen molar-refractivity contribution in [3.63, 3.8) is 0 Å². The number of nitrogens with one attached hydrogen (secondary N) is 1. The molecule has 1 N–H and O–H groups in total. The van der Waals surface area contributed by atoms with Crippen molar-refractivity contribution >= 4 is 44.0 Å². The summed E-state index contributed by atoms with van der Waals surface area (Å²) in [5, 5.41) is 14.7. The van der Waals surface area contributed by atoms with E-state index in [4.69, 9.17) is 14.2 Å². The number of aromatic nitrogens is 1. The molecule has 30 heavy (non-hydrogen) atoms. The topological polar surface area (TPSA) is 116 Å². The number of nitro groups is 1. The highest BCUT2D eigenvalue weighted by molar-refractivity contribution is 7.22. The van der Waals surface area contributed by atoms with Crippen LogP contribution in [0, 0.1) is 10.1 Å². The van der Waals surface area contributed by atoms with Crippen LogP contribution in [0.2, 0.25) is 0 Å². The van der Waals surface area contributed by atoms with Crippen LogP contribution in [0.1, 0.15) is 10.4 Å². The maximum Gasteiger partial charge on any atom is 0.293 e. The van der Waals surface area contributed by atoms with Crippen molar-refractivity contribution in [1.82, 2.24) is 4.98 Å². The summed E-state index contributed by atoms with van der Waals surface area (Å²) in [6, 6.07) is 8.05. The molecular formula is C19H16N4O6S. The van der Waals surface area contributed by atoms with Gasteiger partial charge in [-0.2, -0.15) is 0 Å². The predicted octanol–water partition coefficient (Wildman–Crippen LogP) is 3.02. The largest absolute Gasteiger partial charge is 0.454 e. The van der Waals surface area contributed by atoms with Gasteiger partial charge < -0.3 is 19.1 Å². The van der Waals surface area contributed by atoms with Crippen molar-refractivity contribution < 1.29 is 23.9 Å². The lowest BCUT2D eigenvalue weighted by atomic mass is 10.1. The predicted molar refractivity (Wildman–Crippen MR) is 110 cm³/mol. The molecule has 1 fully saturated rings. The van der Waals surface area contributed by atoms with E-state index in [0.717, 1.165) is 4.70 Å². The molecule has 0 atom stereocenters. The van der Waals surface area contributed by atoms with Crippen molar-refractivity contribution in [2.75, 3.05) is 43.3 Å². The van der Waals surface area contributed by atoms with Gasteiger partial charge in [-0.3, -0.25) is 20.2 Å². The number of amides is 1. The molecule has 10 nitrogen and oxygen atoms in total. The summed E-state index contributed by atoms with van der Waals surface area (Å²) in [4.78, 5) is 30.1. The van der Waals surface area contributed by atoms with Gasteiger partial charge in [-0.25, -0.2) is 4.98 Å². The standard InChI is InChI=1S/C19H16N4O6S/c24-18(21-19-20-12-8-15-16(29-10-28-15)9-17(12)30-19)11-1-2-13(14(7-11)23(25)26)22-3-5-27-6-4-22/h1-2,7-9H,3-6,10H2,(H,20,21,24). The second kappa shape index (κ2) is 7.43. The Morgan fingerprint density at radius 2 is 1.93 bits per heavy atom. The van der Waals surface area contributed by atoms with E-state index in [1.54, 1.807) is 18.2 Å². The first-order chi connectivity index (χ1) is 14.6. The molecule has 154 valence electrons. The molecule has 1 aromatic heterocycles. The summed E-state index contributed by atoms with van der Waals surface area (Å²) in [6.07, 6.45) is 0. The molecule has 5 rings (SSSR count). The maximum atomic E-state index is 12.7. The molecule has 2 aliphatic rings. The minimum atomic E-state index is -0.471. The van der Waals surface area contributed by atoms with Gasteiger partial charge in [-0.15, -0.1) is 0 Å². The van der Waals surface area contributed by atoms with E-state index in [2.05, 4.69) is 10.3 Å². The van der Waals surface area contributed by atoms with Crippen molar-refractivity contribution in [3.05, 3.63) is 46.0 Å². The number of anilines is 2. The van der Waals surface area contributed by atoms with E-state index >= 15 is 0 Å². The van der Waals surface area contributed by atoms with E-state index < -0.39 is 10.8 Å². The van der Waals surface area contributed by atoms with Gasteiger partial charge in [0.2, 0.25) is 6.79 Å². The minimum Gasteiger partial charge on any atom is -0.454 e. The number of benzene rings is 2. The number of morpholine rings is 1. The first kappa shape index (κ1) is 18.6. The zero-order valence-corrected chi connectivity index (χ0v) is 16.4. The number of carbonyl (C=O) groups is 1. The van der Waals surface area contributed by atoms with Crippen LogP contribution >= 0.6 is 11.3 Å². The van der Waals surface area contributed by atoms with Gasteiger partial charge in [0.05, 0.1) is 28.4 Å². The summed E-state index contributed by atoms with van der Waals surface area (Å²) in [5.74, 6) is 0.782. The van der Waals surface area contributed by atoms with Gasteiger partial charge >= 0.3 is 0 Å². The van der Waals surface area contributed by atoms with E-state index in [1.165, 1.54) is 17.4 Å². The number of carbonyl (C=O) groups excluding carboxylic acids is 1. The highest BCUT2D eigenvalue weighted by atomic mass is 32.1. The van der Waals surface area contributed by atoms with Crippen LogP contribution in [-0.2, 0) is 4.74 Å². The third-order valence-corrected chi connectivity index (χ3v) is 5.82. The lowest BCUT2D eigenvalue weighted by Crippen LogP contribution is -2.36. The van der Waals surface area contributed by atoms with Crippen LogP contribution in [0.4, 0.5) is 16.5 Å². The molecule has 0 saturated carbocycles. The number of fused-ring (bicyclic) bond motifs is 2. The van der Waals surface area contributed by atoms with Gasteiger partial charge in [0.25, 0.3) is 11.6 Å². The summed E-state index contributed by atoms with van der Waals surface area (Å²) in [5.41, 5.74) is 1.23. The average Bonchev–Trinajstić information content (AvgIpc) is 3.37. The summed E-state index contributed by atoms with van der Waals surface area (Å²) >= 11 is 1.29. The van der Waals surface area contributed by atoms with E-state index in [0.29, 0.717) is 54.1 Å². The SMILES string of the molecule is O=C(Nc1nc2cc3c(cc2s1)OCO3)c1ccc(N2CCOCC2)c([N+](=O)[O-])c1. The van der Waals surface area contributed by atoms with E-state index in [9.17, 15) is 14.9 Å². The number of nitrogens with zero attached hydrogens (tertiary/aromatic N) is 3. The van der Waals surface area contributed by atoms with Crippen molar-refractivity contribution in [2.24, 2.45) is 0 Å². The van der Waals surface area contributed by atoms with Gasteiger partial charge in [-0.05, 0) is 12.1 Å². The number of thiazole rings is 1. The average molecular weight is 428 g/mol. The molecule has 0 unspecified atom stereocenters.